The van der Waals surface area contributed by atoms with Crippen molar-refractivity contribution in [3.63, 3.8) is 0 Å². The average Bonchev–Trinajstić information content (AvgIpc) is 3.11. The number of nitriles is 1. The van der Waals surface area contributed by atoms with Crippen molar-refractivity contribution in [3.05, 3.63) is 75.9 Å². The van der Waals surface area contributed by atoms with Crippen LogP contribution in [0.2, 0.25) is 10.0 Å². The standard InChI is InChI=1S/C19H14Cl2N4O2/c20-16-3-1-2-14(19(16)21)11-25-17(8-9-23-25)24-18(26)12-27-15-6-4-13(10-22)5-7-15/h1-9H,11-12H2,(H,24,26). The molecule has 0 spiro atoms. The van der Waals surface area contributed by atoms with Crippen LogP contribution in [0.4, 0.5) is 5.82 Å². The summed E-state index contributed by atoms with van der Waals surface area (Å²) >= 11 is 12.2. The Hall–Kier alpha value is -3.01. The van der Waals surface area contributed by atoms with Crippen LogP contribution in [0.5, 0.6) is 5.75 Å². The number of ether oxygens (including phenoxy) is 1. The van der Waals surface area contributed by atoms with Crippen molar-refractivity contribution >= 4 is 34.9 Å². The van der Waals surface area contributed by atoms with Gasteiger partial charge in [0.1, 0.15) is 11.6 Å². The van der Waals surface area contributed by atoms with Crippen LogP contribution in [-0.4, -0.2) is 22.3 Å². The van der Waals surface area contributed by atoms with E-state index in [0.29, 0.717) is 33.7 Å². The van der Waals surface area contributed by atoms with E-state index in [1.165, 1.54) is 0 Å². The first kappa shape index (κ1) is 18.8. The second-order valence-electron chi connectivity index (χ2n) is 5.56. The minimum atomic E-state index is -0.335. The Kier molecular flexibility index (Phi) is 5.97. The molecule has 1 aromatic heterocycles. The summed E-state index contributed by atoms with van der Waals surface area (Å²) in [5, 5.41) is 16.6. The van der Waals surface area contributed by atoms with Gasteiger partial charge >= 0.3 is 0 Å². The Balaban J connectivity index is 1.61. The molecule has 1 amide bonds. The number of carbonyl (C=O) groups is 1. The molecule has 0 bridgehead atoms. The second kappa shape index (κ2) is 8.58. The van der Waals surface area contributed by atoms with Crippen LogP contribution in [0.3, 0.4) is 0 Å². The third-order valence-corrected chi connectivity index (χ3v) is 4.55. The molecule has 0 saturated carbocycles. The monoisotopic (exact) mass is 400 g/mol. The summed E-state index contributed by atoms with van der Waals surface area (Å²) in [6.45, 7) is 0.188. The summed E-state index contributed by atoms with van der Waals surface area (Å²) in [4.78, 5) is 12.2. The average molecular weight is 401 g/mol. The van der Waals surface area contributed by atoms with Crippen LogP contribution in [0.1, 0.15) is 11.1 Å². The first-order valence-electron chi connectivity index (χ1n) is 7.94. The number of halogens is 2. The molecule has 0 radical (unpaired) electrons. The Morgan fingerprint density at radius 2 is 1.96 bits per heavy atom. The fourth-order valence-corrected chi connectivity index (χ4v) is 2.73. The molecule has 0 atom stereocenters. The minimum Gasteiger partial charge on any atom is -0.484 e. The van der Waals surface area contributed by atoms with Crippen LogP contribution in [0.25, 0.3) is 0 Å². The molecule has 136 valence electrons. The van der Waals surface area contributed by atoms with Gasteiger partial charge in [-0.1, -0.05) is 35.3 Å². The van der Waals surface area contributed by atoms with Gasteiger partial charge in [0, 0.05) is 6.07 Å². The number of amides is 1. The molecular formula is C19H14Cl2N4O2. The number of rotatable bonds is 6. The van der Waals surface area contributed by atoms with Crippen LogP contribution in [-0.2, 0) is 11.3 Å². The number of aromatic nitrogens is 2. The quantitative estimate of drug-likeness (QED) is 0.674. The molecule has 0 unspecified atom stereocenters. The summed E-state index contributed by atoms with van der Waals surface area (Å²) in [6.07, 6.45) is 1.58. The van der Waals surface area contributed by atoms with Crippen molar-refractivity contribution in [1.82, 2.24) is 9.78 Å². The predicted molar refractivity (Wildman–Crippen MR) is 103 cm³/mol. The van der Waals surface area contributed by atoms with E-state index in [2.05, 4.69) is 10.4 Å². The first-order chi connectivity index (χ1) is 13.1. The lowest BCUT2D eigenvalue weighted by Crippen LogP contribution is -2.22. The third-order valence-electron chi connectivity index (χ3n) is 3.69. The molecule has 1 heterocycles. The lowest BCUT2D eigenvalue weighted by molar-refractivity contribution is -0.118. The van der Waals surface area contributed by atoms with E-state index in [1.807, 2.05) is 12.1 Å². The third kappa shape index (κ3) is 4.79. The van der Waals surface area contributed by atoms with E-state index in [1.54, 1.807) is 53.3 Å². The van der Waals surface area contributed by atoms with Gasteiger partial charge in [0.05, 0.1) is 34.4 Å². The lowest BCUT2D eigenvalue weighted by atomic mass is 10.2. The van der Waals surface area contributed by atoms with Crippen molar-refractivity contribution in [2.75, 3.05) is 11.9 Å². The van der Waals surface area contributed by atoms with Crippen LogP contribution < -0.4 is 10.1 Å². The molecule has 0 aliphatic carbocycles. The number of hydrogen-bond acceptors (Lipinski definition) is 4. The SMILES string of the molecule is N#Cc1ccc(OCC(=O)Nc2ccnn2Cc2cccc(Cl)c2Cl)cc1. The van der Waals surface area contributed by atoms with Gasteiger partial charge in [0.2, 0.25) is 0 Å². The molecule has 6 nitrogen and oxygen atoms in total. The molecule has 0 fully saturated rings. The van der Waals surface area contributed by atoms with Crippen LogP contribution >= 0.6 is 23.2 Å². The van der Waals surface area contributed by atoms with Gasteiger partial charge in [-0.05, 0) is 35.9 Å². The van der Waals surface area contributed by atoms with Gasteiger partial charge in [-0.3, -0.25) is 4.79 Å². The number of anilines is 1. The number of hydrogen-bond donors (Lipinski definition) is 1. The first-order valence-corrected chi connectivity index (χ1v) is 8.70. The molecule has 0 aliphatic rings. The molecule has 1 N–H and O–H groups in total. The highest BCUT2D eigenvalue weighted by molar-refractivity contribution is 6.42. The van der Waals surface area contributed by atoms with Crippen molar-refractivity contribution in [2.45, 2.75) is 6.54 Å². The van der Waals surface area contributed by atoms with Crippen LogP contribution in [0, 0.1) is 11.3 Å². The Morgan fingerprint density at radius 1 is 1.19 bits per heavy atom. The molecule has 0 aliphatic heterocycles. The molecule has 0 saturated heterocycles. The maximum atomic E-state index is 12.2. The maximum absolute atomic E-state index is 12.2. The van der Waals surface area contributed by atoms with E-state index >= 15 is 0 Å². The van der Waals surface area contributed by atoms with Gasteiger partial charge in [-0.2, -0.15) is 10.4 Å². The van der Waals surface area contributed by atoms with Gasteiger partial charge < -0.3 is 10.1 Å². The number of nitrogens with zero attached hydrogens (tertiary/aromatic N) is 3. The van der Waals surface area contributed by atoms with Gasteiger partial charge in [-0.25, -0.2) is 4.68 Å². The van der Waals surface area contributed by atoms with E-state index in [0.717, 1.165) is 5.56 Å². The number of benzene rings is 2. The molecular weight excluding hydrogens is 387 g/mol. The maximum Gasteiger partial charge on any atom is 0.263 e. The summed E-state index contributed by atoms with van der Waals surface area (Å²) in [5.41, 5.74) is 1.31. The largest absolute Gasteiger partial charge is 0.484 e. The number of nitrogens with one attached hydrogen (secondary N) is 1. The summed E-state index contributed by atoms with van der Waals surface area (Å²) in [6, 6.07) is 15.6. The van der Waals surface area contributed by atoms with E-state index in [-0.39, 0.29) is 12.5 Å². The van der Waals surface area contributed by atoms with Crippen molar-refractivity contribution in [3.8, 4) is 11.8 Å². The normalized spacial score (nSPS) is 10.3. The predicted octanol–water partition coefficient (Wildman–Crippen LogP) is 4.13. The molecule has 2 aromatic carbocycles. The van der Waals surface area contributed by atoms with Gasteiger partial charge in [-0.15, -0.1) is 0 Å². The fourth-order valence-electron chi connectivity index (χ4n) is 2.35. The smallest absolute Gasteiger partial charge is 0.263 e. The van der Waals surface area contributed by atoms with E-state index < -0.39 is 0 Å². The van der Waals surface area contributed by atoms with E-state index in [4.69, 9.17) is 33.2 Å². The highest BCUT2D eigenvalue weighted by Crippen LogP contribution is 2.26. The fraction of sp³-hybridized carbons (Fsp3) is 0.105. The molecule has 8 heteroatoms. The Bertz CT molecular complexity index is 994. The number of carbonyl (C=O) groups excluding carboxylic acids is 1. The summed E-state index contributed by atoms with van der Waals surface area (Å²) < 4.78 is 7.03. The highest BCUT2D eigenvalue weighted by Gasteiger charge is 2.11. The van der Waals surface area contributed by atoms with E-state index in [9.17, 15) is 4.79 Å². The minimum absolute atomic E-state index is 0.172. The Morgan fingerprint density at radius 3 is 2.70 bits per heavy atom. The van der Waals surface area contributed by atoms with Crippen molar-refractivity contribution < 1.29 is 9.53 Å². The summed E-state index contributed by atoms with van der Waals surface area (Å²) in [7, 11) is 0. The zero-order valence-electron chi connectivity index (χ0n) is 14.0. The molecule has 3 rings (SSSR count). The van der Waals surface area contributed by atoms with Crippen LogP contribution in [0.15, 0.2) is 54.7 Å². The molecule has 27 heavy (non-hydrogen) atoms. The van der Waals surface area contributed by atoms with Crippen molar-refractivity contribution in [2.24, 2.45) is 0 Å². The zero-order valence-corrected chi connectivity index (χ0v) is 15.5. The van der Waals surface area contributed by atoms with Crippen molar-refractivity contribution in [1.29, 1.82) is 5.26 Å². The molecule has 3 aromatic rings. The topological polar surface area (TPSA) is 79.9 Å². The zero-order chi connectivity index (χ0) is 19.2. The lowest BCUT2D eigenvalue weighted by Gasteiger charge is -2.11. The highest BCUT2D eigenvalue weighted by atomic mass is 35.5. The summed E-state index contributed by atoms with van der Waals surface area (Å²) in [5.74, 6) is 0.682. The van der Waals surface area contributed by atoms with Gasteiger partial charge in [0.25, 0.3) is 5.91 Å². The Labute approximate surface area is 165 Å². The van der Waals surface area contributed by atoms with Gasteiger partial charge in [0.15, 0.2) is 6.61 Å². The second-order valence-corrected chi connectivity index (χ2v) is 6.35.